The van der Waals surface area contributed by atoms with Gasteiger partial charge in [0.1, 0.15) is 5.69 Å². The number of nitrogens with one attached hydrogen (secondary N) is 1. The normalized spacial score (nSPS) is 11.8. The van der Waals surface area contributed by atoms with Gasteiger partial charge in [0.05, 0.1) is 0 Å². The quantitative estimate of drug-likeness (QED) is 0.803. The summed E-state index contributed by atoms with van der Waals surface area (Å²) in [7, 11) is 1.92. The van der Waals surface area contributed by atoms with E-state index in [0.717, 1.165) is 10.9 Å². The van der Waals surface area contributed by atoms with Crippen LogP contribution in [0.4, 0.5) is 0 Å². The lowest BCUT2D eigenvalue weighted by Gasteiger charge is -2.20. The first kappa shape index (κ1) is 11.7. The van der Waals surface area contributed by atoms with E-state index in [1.165, 1.54) is 0 Å². The molecule has 0 aliphatic rings. The summed E-state index contributed by atoms with van der Waals surface area (Å²) < 4.78 is 1.93. The molecule has 2 rings (SSSR count). The highest BCUT2D eigenvalue weighted by Gasteiger charge is 2.18. The fourth-order valence-electron chi connectivity index (χ4n) is 1.91. The maximum atomic E-state index is 12.1. The molecular weight excluding hydrogens is 212 g/mol. The molecule has 0 radical (unpaired) electrons. The van der Waals surface area contributed by atoms with Crippen molar-refractivity contribution < 1.29 is 4.79 Å². The highest BCUT2D eigenvalue weighted by Crippen LogP contribution is 2.18. The van der Waals surface area contributed by atoms with Crippen molar-refractivity contribution in [2.45, 2.75) is 26.3 Å². The van der Waals surface area contributed by atoms with Crippen molar-refractivity contribution in [1.82, 2.24) is 9.88 Å². The second-order valence-corrected chi connectivity index (χ2v) is 5.35. The smallest absolute Gasteiger partial charge is 0.268 e. The Bertz CT molecular complexity index is 561. The van der Waals surface area contributed by atoms with Gasteiger partial charge in [0.15, 0.2) is 0 Å². The summed E-state index contributed by atoms with van der Waals surface area (Å²) in [6, 6.07) is 9.92. The lowest BCUT2D eigenvalue weighted by molar-refractivity contribution is 0.0911. The average molecular weight is 230 g/mol. The van der Waals surface area contributed by atoms with Gasteiger partial charge in [-0.3, -0.25) is 4.79 Å². The van der Waals surface area contributed by atoms with Crippen LogP contribution in [0, 0.1) is 0 Å². The molecule has 3 nitrogen and oxygen atoms in total. The standard InChI is InChI=1S/C14H18N2O/c1-14(2,3)15-13(17)12-9-10-7-5-6-8-11(10)16(12)4/h5-9H,1-4H3,(H,15,17). The number of hydrogen-bond donors (Lipinski definition) is 1. The molecule has 3 heteroatoms. The number of fused-ring (bicyclic) bond motifs is 1. The SMILES string of the molecule is Cn1c(C(=O)NC(C)(C)C)cc2ccccc21. The monoisotopic (exact) mass is 230 g/mol. The highest BCUT2D eigenvalue weighted by molar-refractivity contribution is 5.98. The number of hydrogen-bond acceptors (Lipinski definition) is 1. The molecule has 1 aromatic heterocycles. The molecule has 0 aliphatic carbocycles. The van der Waals surface area contributed by atoms with Crippen LogP contribution in [-0.2, 0) is 7.05 Å². The van der Waals surface area contributed by atoms with Gasteiger partial charge in [0.25, 0.3) is 5.91 Å². The maximum Gasteiger partial charge on any atom is 0.268 e. The molecular formula is C14H18N2O. The van der Waals surface area contributed by atoms with Crippen molar-refractivity contribution in [2.75, 3.05) is 0 Å². The third kappa shape index (κ3) is 2.33. The Morgan fingerprint density at radius 3 is 2.47 bits per heavy atom. The fourth-order valence-corrected chi connectivity index (χ4v) is 1.91. The number of benzene rings is 1. The van der Waals surface area contributed by atoms with Crippen LogP contribution >= 0.6 is 0 Å². The van der Waals surface area contributed by atoms with Crippen LogP contribution in [0.5, 0.6) is 0 Å². The van der Waals surface area contributed by atoms with Gasteiger partial charge in [-0.2, -0.15) is 0 Å². The van der Waals surface area contributed by atoms with E-state index in [0.29, 0.717) is 5.69 Å². The maximum absolute atomic E-state index is 12.1. The van der Waals surface area contributed by atoms with Gasteiger partial charge < -0.3 is 9.88 Å². The number of amides is 1. The van der Waals surface area contributed by atoms with E-state index in [9.17, 15) is 4.79 Å². The topological polar surface area (TPSA) is 34.0 Å². The minimum Gasteiger partial charge on any atom is -0.346 e. The number of carbonyl (C=O) groups is 1. The fraction of sp³-hybridized carbons (Fsp3) is 0.357. The van der Waals surface area contributed by atoms with Gasteiger partial charge >= 0.3 is 0 Å². The van der Waals surface area contributed by atoms with E-state index in [1.54, 1.807) is 0 Å². The number of aromatic nitrogens is 1. The largest absolute Gasteiger partial charge is 0.346 e. The second kappa shape index (κ2) is 3.91. The summed E-state index contributed by atoms with van der Waals surface area (Å²) in [5.74, 6) is -0.0313. The zero-order valence-corrected chi connectivity index (χ0v) is 10.7. The van der Waals surface area contributed by atoms with E-state index in [4.69, 9.17) is 0 Å². The molecule has 0 aliphatic heterocycles. The van der Waals surface area contributed by atoms with Gasteiger partial charge in [0.2, 0.25) is 0 Å². The van der Waals surface area contributed by atoms with Crippen molar-refractivity contribution in [3.63, 3.8) is 0 Å². The summed E-state index contributed by atoms with van der Waals surface area (Å²) in [5, 5.41) is 4.07. The first-order valence-corrected chi connectivity index (χ1v) is 5.75. The van der Waals surface area contributed by atoms with E-state index < -0.39 is 0 Å². The lowest BCUT2D eigenvalue weighted by atomic mass is 10.1. The average Bonchev–Trinajstić information content (AvgIpc) is 2.55. The van der Waals surface area contributed by atoms with E-state index in [-0.39, 0.29) is 11.4 Å². The summed E-state index contributed by atoms with van der Waals surface area (Å²) in [6.07, 6.45) is 0. The van der Waals surface area contributed by atoms with Gasteiger partial charge in [0, 0.05) is 23.5 Å². The summed E-state index contributed by atoms with van der Waals surface area (Å²) >= 11 is 0. The zero-order chi connectivity index (χ0) is 12.6. The second-order valence-electron chi connectivity index (χ2n) is 5.35. The molecule has 1 aromatic carbocycles. The summed E-state index contributed by atoms with van der Waals surface area (Å²) in [6.45, 7) is 5.94. The molecule has 2 aromatic rings. The minimum absolute atomic E-state index is 0.0313. The number of para-hydroxylation sites is 1. The number of nitrogens with zero attached hydrogens (tertiary/aromatic N) is 1. The van der Waals surface area contributed by atoms with Crippen LogP contribution in [0.1, 0.15) is 31.3 Å². The summed E-state index contributed by atoms with van der Waals surface area (Å²) in [5.41, 5.74) is 1.56. The van der Waals surface area contributed by atoms with Crippen LogP contribution < -0.4 is 5.32 Å². The van der Waals surface area contributed by atoms with Crippen LogP contribution in [0.3, 0.4) is 0 Å². The Hall–Kier alpha value is -1.77. The Balaban J connectivity index is 2.43. The first-order chi connectivity index (χ1) is 7.88. The van der Waals surface area contributed by atoms with E-state index in [1.807, 2.05) is 62.7 Å². The van der Waals surface area contributed by atoms with Crippen LogP contribution in [0.25, 0.3) is 10.9 Å². The van der Waals surface area contributed by atoms with E-state index >= 15 is 0 Å². The third-order valence-corrected chi connectivity index (χ3v) is 2.67. The molecule has 1 heterocycles. The Morgan fingerprint density at radius 1 is 1.24 bits per heavy atom. The van der Waals surface area contributed by atoms with E-state index in [2.05, 4.69) is 5.32 Å². The Kier molecular flexibility index (Phi) is 2.69. The Labute approximate surface area is 101 Å². The zero-order valence-electron chi connectivity index (χ0n) is 10.7. The number of carbonyl (C=O) groups excluding carboxylic acids is 1. The predicted molar refractivity (Wildman–Crippen MR) is 70.1 cm³/mol. The molecule has 0 saturated carbocycles. The van der Waals surface area contributed by atoms with Gasteiger partial charge in [-0.1, -0.05) is 18.2 Å². The molecule has 0 saturated heterocycles. The molecule has 0 atom stereocenters. The highest BCUT2D eigenvalue weighted by atomic mass is 16.2. The van der Waals surface area contributed by atoms with Crippen molar-refractivity contribution in [3.8, 4) is 0 Å². The number of rotatable bonds is 1. The molecule has 90 valence electrons. The molecule has 1 N–H and O–H groups in total. The molecule has 0 bridgehead atoms. The van der Waals surface area contributed by atoms with Crippen molar-refractivity contribution >= 4 is 16.8 Å². The minimum atomic E-state index is -0.215. The first-order valence-electron chi connectivity index (χ1n) is 5.75. The third-order valence-electron chi connectivity index (χ3n) is 2.67. The van der Waals surface area contributed by atoms with Crippen LogP contribution in [0.15, 0.2) is 30.3 Å². The molecule has 0 spiro atoms. The van der Waals surface area contributed by atoms with Gasteiger partial charge in [-0.15, -0.1) is 0 Å². The van der Waals surface area contributed by atoms with Gasteiger partial charge in [-0.25, -0.2) is 0 Å². The Morgan fingerprint density at radius 2 is 1.88 bits per heavy atom. The molecule has 0 unspecified atom stereocenters. The van der Waals surface area contributed by atoms with Crippen molar-refractivity contribution in [2.24, 2.45) is 7.05 Å². The number of aryl methyl sites for hydroxylation is 1. The predicted octanol–water partition coefficient (Wildman–Crippen LogP) is 2.71. The lowest BCUT2D eigenvalue weighted by Crippen LogP contribution is -2.41. The summed E-state index contributed by atoms with van der Waals surface area (Å²) in [4.78, 5) is 12.1. The molecule has 0 fully saturated rings. The van der Waals surface area contributed by atoms with Crippen LogP contribution in [0.2, 0.25) is 0 Å². The molecule has 1 amide bonds. The van der Waals surface area contributed by atoms with Crippen molar-refractivity contribution in [3.05, 3.63) is 36.0 Å². The van der Waals surface area contributed by atoms with Crippen LogP contribution in [-0.4, -0.2) is 16.0 Å². The van der Waals surface area contributed by atoms with Crippen molar-refractivity contribution in [1.29, 1.82) is 0 Å². The van der Waals surface area contributed by atoms with Gasteiger partial charge in [-0.05, 0) is 32.9 Å². The molecule has 17 heavy (non-hydrogen) atoms.